The van der Waals surface area contributed by atoms with Gasteiger partial charge in [0, 0.05) is 12.6 Å². The van der Waals surface area contributed by atoms with Crippen LogP contribution in [0, 0.1) is 26.6 Å². The van der Waals surface area contributed by atoms with E-state index in [9.17, 15) is 14.0 Å². The summed E-state index contributed by atoms with van der Waals surface area (Å²) in [6, 6.07) is 9.19. The molecule has 168 valence electrons. The second-order valence-corrected chi connectivity index (χ2v) is 8.14. The van der Waals surface area contributed by atoms with Crippen LogP contribution in [-0.4, -0.2) is 35.4 Å². The summed E-state index contributed by atoms with van der Waals surface area (Å²) in [4.78, 5) is 27.3. The molecule has 2 amide bonds. The van der Waals surface area contributed by atoms with Crippen molar-refractivity contribution in [1.29, 1.82) is 0 Å². The minimum absolute atomic E-state index is 0.00638. The molecular formula is C25H33FN2O3. The Labute approximate surface area is 184 Å². The van der Waals surface area contributed by atoms with Crippen LogP contribution in [0.4, 0.5) is 4.39 Å². The van der Waals surface area contributed by atoms with Gasteiger partial charge in [0.15, 0.2) is 6.61 Å². The molecule has 2 aromatic rings. The standard InChI is InChI=1S/C25H33FN2O3/c1-7-18(4)27-25(30)20(6)28(14-21-8-10-22(26)11-9-21)24(29)15-31-23-13-16(2)12-17(3)19(23)5/h8-13,18,20H,7,14-15H2,1-6H3,(H,27,30)/t18-,20+/m1/s1. The number of rotatable bonds is 9. The van der Waals surface area contributed by atoms with Crippen LogP contribution in [0.15, 0.2) is 36.4 Å². The average molecular weight is 429 g/mol. The highest BCUT2D eigenvalue weighted by molar-refractivity contribution is 5.88. The molecule has 0 saturated heterocycles. The average Bonchev–Trinajstić information content (AvgIpc) is 2.73. The maximum atomic E-state index is 13.3. The molecule has 0 aromatic heterocycles. The topological polar surface area (TPSA) is 58.6 Å². The molecular weight excluding hydrogens is 395 g/mol. The second kappa shape index (κ2) is 10.9. The van der Waals surface area contributed by atoms with E-state index in [0.717, 1.165) is 28.7 Å². The monoisotopic (exact) mass is 428 g/mol. The fourth-order valence-corrected chi connectivity index (χ4v) is 3.21. The van der Waals surface area contributed by atoms with Crippen molar-refractivity contribution in [3.63, 3.8) is 0 Å². The Morgan fingerprint density at radius 1 is 1.10 bits per heavy atom. The van der Waals surface area contributed by atoms with Gasteiger partial charge in [-0.25, -0.2) is 4.39 Å². The van der Waals surface area contributed by atoms with Gasteiger partial charge >= 0.3 is 0 Å². The lowest BCUT2D eigenvalue weighted by molar-refractivity contribution is -0.142. The Balaban J connectivity index is 2.20. The maximum absolute atomic E-state index is 13.3. The molecule has 0 aliphatic heterocycles. The number of carbonyl (C=O) groups is 2. The normalized spacial score (nSPS) is 12.7. The van der Waals surface area contributed by atoms with E-state index in [4.69, 9.17) is 4.74 Å². The number of hydrogen-bond donors (Lipinski definition) is 1. The molecule has 5 nitrogen and oxygen atoms in total. The van der Waals surface area contributed by atoms with Gasteiger partial charge in [-0.3, -0.25) is 9.59 Å². The molecule has 0 aliphatic rings. The van der Waals surface area contributed by atoms with E-state index in [-0.39, 0.29) is 36.8 Å². The Kier molecular flexibility index (Phi) is 8.60. The fraction of sp³-hybridized carbons (Fsp3) is 0.440. The summed E-state index contributed by atoms with van der Waals surface area (Å²) < 4.78 is 19.1. The van der Waals surface area contributed by atoms with Gasteiger partial charge < -0.3 is 15.0 Å². The SMILES string of the molecule is CC[C@@H](C)NC(=O)[C@H](C)N(Cc1ccc(F)cc1)C(=O)COc1cc(C)cc(C)c1C. The van der Waals surface area contributed by atoms with Gasteiger partial charge in [-0.05, 0) is 81.5 Å². The van der Waals surface area contributed by atoms with Gasteiger partial charge in [0.1, 0.15) is 17.6 Å². The molecule has 0 bridgehead atoms. The lowest BCUT2D eigenvalue weighted by atomic mass is 10.1. The zero-order valence-corrected chi connectivity index (χ0v) is 19.3. The van der Waals surface area contributed by atoms with Crippen LogP contribution in [0.5, 0.6) is 5.75 Å². The van der Waals surface area contributed by atoms with Crippen LogP contribution in [0.2, 0.25) is 0 Å². The zero-order valence-electron chi connectivity index (χ0n) is 19.3. The Hall–Kier alpha value is -2.89. The van der Waals surface area contributed by atoms with Crippen molar-refractivity contribution < 1.29 is 18.7 Å². The first kappa shape index (κ1) is 24.4. The Morgan fingerprint density at radius 2 is 1.74 bits per heavy atom. The van der Waals surface area contributed by atoms with Gasteiger partial charge in [0.2, 0.25) is 5.91 Å². The molecule has 0 spiro atoms. The van der Waals surface area contributed by atoms with Crippen LogP contribution in [0.3, 0.4) is 0 Å². The number of nitrogens with one attached hydrogen (secondary N) is 1. The van der Waals surface area contributed by atoms with E-state index >= 15 is 0 Å². The smallest absolute Gasteiger partial charge is 0.261 e. The first-order valence-electron chi connectivity index (χ1n) is 10.7. The van der Waals surface area contributed by atoms with E-state index in [0.29, 0.717) is 5.75 Å². The van der Waals surface area contributed by atoms with Crippen molar-refractivity contribution in [2.24, 2.45) is 0 Å². The quantitative estimate of drug-likeness (QED) is 0.641. The summed E-state index contributed by atoms with van der Waals surface area (Å²) >= 11 is 0. The number of halogens is 1. The number of aryl methyl sites for hydroxylation is 2. The van der Waals surface area contributed by atoms with Crippen LogP contribution in [-0.2, 0) is 16.1 Å². The molecule has 0 unspecified atom stereocenters. The van der Waals surface area contributed by atoms with Gasteiger partial charge in [0.25, 0.3) is 5.91 Å². The number of nitrogens with zero attached hydrogens (tertiary/aromatic N) is 1. The van der Waals surface area contributed by atoms with Crippen molar-refractivity contribution in [3.8, 4) is 5.75 Å². The van der Waals surface area contributed by atoms with Crippen LogP contribution < -0.4 is 10.1 Å². The third-order valence-electron chi connectivity index (χ3n) is 5.55. The van der Waals surface area contributed by atoms with Gasteiger partial charge in [-0.2, -0.15) is 0 Å². The highest BCUT2D eigenvalue weighted by Crippen LogP contribution is 2.23. The van der Waals surface area contributed by atoms with E-state index < -0.39 is 6.04 Å². The number of carbonyl (C=O) groups excluding carboxylic acids is 2. The number of ether oxygens (including phenoxy) is 1. The predicted octanol–water partition coefficient (Wildman–Crippen LogP) is 4.46. The van der Waals surface area contributed by atoms with Crippen molar-refractivity contribution in [2.75, 3.05) is 6.61 Å². The molecule has 2 aromatic carbocycles. The maximum Gasteiger partial charge on any atom is 0.261 e. The first-order valence-corrected chi connectivity index (χ1v) is 10.7. The van der Waals surface area contributed by atoms with E-state index in [2.05, 4.69) is 11.4 Å². The predicted molar refractivity (Wildman–Crippen MR) is 120 cm³/mol. The highest BCUT2D eigenvalue weighted by Gasteiger charge is 2.27. The minimum atomic E-state index is -0.699. The minimum Gasteiger partial charge on any atom is -0.483 e. The second-order valence-electron chi connectivity index (χ2n) is 8.14. The van der Waals surface area contributed by atoms with Crippen molar-refractivity contribution in [3.05, 3.63) is 64.5 Å². The highest BCUT2D eigenvalue weighted by atomic mass is 19.1. The van der Waals surface area contributed by atoms with Crippen molar-refractivity contribution in [2.45, 2.75) is 66.6 Å². The zero-order chi connectivity index (χ0) is 23.1. The van der Waals surface area contributed by atoms with Gasteiger partial charge in [-0.15, -0.1) is 0 Å². The third-order valence-corrected chi connectivity index (χ3v) is 5.55. The summed E-state index contributed by atoms with van der Waals surface area (Å²) in [6.07, 6.45) is 0.791. The van der Waals surface area contributed by atoms with Crippen LogP contribution in [0.1, 0.15) is 49.4 Å². The molecule has 6 heteroatoms. The van der Waals surface area contributed by atoms with Gasteiger partial charge in [-0.1, -0.05) is 25.1 Å². The lowest BCUT2D eigenvalue weighted by Gasteiger charge is -2.29. The van der Waals surface area contributed by atoms with Crippen LogP contribution >= 0.6 is 0 Å². The molecule has 0 fully saturated rings. The fourth-order valence-electron chi connectivity index (χ4n) is 3.21. The van der Waals surface area contributed by atoms with Crippen LogP contribution in [0.25, 0.3) is 0 Å². The van der Waals surface area contributed by atoms with Crippen molar-refractivity contribution >= 4 is 11.8 Å². The molecule has 2 atom stereocenters. The molecule has 0 radical (unpaired) electrons. The molecule has 0 aliphatic carbocycles. The summed E-state index contributed by atoms with van der Waals surface area (Å²) in [6.45, 7) is 11.5. The summed E-state index contributed by atoms with van der Waals surface area (Å²) in [5, 5.41) is 2.92. The van der Waals surface area contributed by atoms with Crippen molar-refractivity contribution in [1.82, 2.24) is 10.2 Å². The number of hydrogen-bond acceptors (Lipinski definition) is 3. The largest absolute Gasteiger partial charge is 0.483 e. The van der Waals surface area contributed by atoms with Gasteiger partial charge in [0.05, 0.1) is 0 Å². The van der Waals surface area contributed by atoms with E-state index in [1.807, 2.05) is 40.7 Å². The Morgan fingerprint density at radius 3 is 2.35 bits per heavy atom. The molecule has 0 heterocycles. The Bertz CT molecular complexity index is 912. The number of amides is 2. The van der Waals surface area contributed by atoms with E-state index in [1.165, 1.54) is 17.0 Å². The number of benzene rings is 2. The summed E-state index contributed by atoms with van der Waals surface area (Å²) in [5.41, 5.74) is 3.86. The summed E-state index contributed by atoms with van der Waals surface area (Å²) in [7, 11) is 0. The molecule has 2 rings (SSSR count). The first-order chi connectivity index (χ1) is 14.6. The lowest BCUT2D eigenvalue weighted by Crippen LogP contribution is -2.50. The third kappa shape index (κ3) is 6.81. The molecule has 1 N–H and O–H groups in total. The van der Waals surface area contributed by atoms with E-state index in [1.54, 1.807) is 19.1 Å². The molecule has 31 heavy (non-hydrogen) atoms. The molecule has 0 saturated carbocycles. The summed E-state index contributed by atoms with van der Waals surface area (Å²) in [5.74, 6) is -0.232.